The molecule has 2 heterocycles. The van der Waals surface area contributed by atoms with Crippen LogP contribution in [0.5, 0.6) is 0 Å². The number of H-pyrrole nitrogens is 1. The zero-order valence-corrected chi connectivity index (χ0v) is 7.80. The van der Waals surface area contributed by atoms with Crippen molar-refractivity contribution in [3.63, 3.8) is 0 Å². The first-order chi connectivity index (χ1) is 6.33. The SMILES string of the molecule is CCNc1ncnc2n[nH]c(=S)n12. The molecular formula is C6H8N6S. The Labute approximate surface area is 79.0 Å². The number of nitrogens with zero attached hydrogens (tertiary/aromatic N) is 4. The van der Waals surface area contributed by atoms with E-state index >= 15 is 0 Å². The quantitative estimate of drug-likeness (QED) is 0.689. The van der Waals surface area contributed by atoms with E-state index in [4.69, 9.17) is 12.2 Å². The van der Waals surface area contributed by atoms with Gasteiger partial charge in [0.05, 0.1) is 0 Å². The molecule has 0 aliphatic carbocycles. The Morgan fingerprint density at radius 1 is 1.62 bits per heavy atom. The summed E-state index contributed by atoms with van der Waals surface area (Å²) in [6, 6.07) is 0. The fourth-order valence-electron chi connectivity index (χ4n) is 1.04. The maximum Gasteiger partial charge on any atom is 0.257 e. The first kappa shape index (κ1) is 8.11. The van der Waals surface area contributed by atoms with Gasteiger partial charge < -0.3 is 5.32 Å². The number of fused-ring (bicyclic) bond motifs is 1. The molecule has 0 amide bonds. The van der Waals surface area contributed by atoms with Crippen molar-refractivity contribution in [2.45, 2.75) is 6.92 Å². The zero-order valence-electron chi connectivity index (χ0n) is 6.98. The average Bonchev–Trinajstić information content (AvgIpc) is 2.50. The second kappa shape index (κ2) is 3.09. The van der Waals surface area contributed by atoms with Crippen LogP contribution >= 0.6 is 12.2 Å². The van der Waals surface area contributed by atoms with Gasteiger partial charge in [-0.05, 0) is 19.1 Å². The fraction of sp³-hybridized carbons (Fsp3) is 0.333. The lowest BCUT2D eigenvalue weighted by Gasteiger charge is -2.02. The molecule has 7 heteroatoms. The van der Waals surface area contributed by atoms with E-state index in [2.05, 4.69) is 25.5 Å². The maximum absolute atomic E-state index is 5.01. The molecule has 0 spiro atoms. The smallest absolute Gasteiger partial charge is 0.257 e. The molecule has 0 aliphatic heterocycles. The largest absolute Gasteiger partial charge is 0.355 e. The number of hydrogen-bond donors (Lipinski definition) is 2. The van der Waals surface area contributed by atoms with E-state index in [-0.39, 0.29) is 0 Å². The number of aromatic nitrogens is 5. The van der Waals surface area contributed by atoms with E-state index in [1.165, 1.54) is 6.33 Å². The minimum absolute atomic E-state index is 0.492. The van der Waals surface area contributed by atoms with Crippen LogP contribution in [0.3, 0.4) is 0 Å². The molecule has 0 fully saturated rings. The molecule has 68 valence electrons. The Bertz CT molecular complexity index is 471. The molecule has 0 unspecified atom stereocenters. The van der Waals surface area contributed by atoms with Gasteiger partial charge in [0.25, 0.3) is 5.78 Å². The molecule has 0 saturated heterocycles. The molecule has 0 aromatic carbocycles. The first-order valence-electron chi connectivity index (χ1n) is 3.85. The standard InChI is InChI=1S/C6H8N6S/c1-2-7-4-8-3-9-5-10-11-6(13)12(4)5/h3H,2H2,1H3,(H,11,13)(H,7,8,9,10). The lowest BCUT2D eigenvalue weighted by atomic mass is 10.7. The summed E-state index contributed by atoms with van der Waals surface area (Å²) in [4.78, 5) is 7.99. The van der Waals surface area contributed by atoms with E-state index in [0.717, 1.165) is 6.54 Å². The lowest BCUT2D eigenvalue weighted by Crippen LogP contribution is -2.06. The number of anilines is 1. The Balaban J connectivity index is 2.73. The number of nitrogens with one attached hydrogen (secondary N) is 2. The van der Waals surface area contributed by atoms with E-state index in [1.54, 1.807) is 4.40 Å². The average molecular weight is 196 g/mol. The van der Waals surface area contributed by atoms with Gasteiger partial charge in [-0.25, -0.2) is 14.5 Å². The topological polar surface area (TPSA) is 70.9 Å². The number of aromatic amines is 1. The zero-order chi connectivity index (χ0) is 9.26. The molecule has 6 nitrogen and oxygen atoms in total. The van der Waals surface area contributed by atoms with Crippen LogP contribution in [0, 0.1) is 4.77 Å². The van der Waals surface area contributed by atoms with Crippen LogP contribution in [0.1, 0.15) is 6.92 Å². The summed E-state index contributed by atoms with van der Waals surface area (Å²) in [6.07, 6.45) is 1.45. The van der Waals surface area contributed by atoms with Crippen molar-refractivity contribution < 1.29 is 0 Å². The van der Waals surface area contributed by atoms with Crippen molar-refractivity contribution in [3.8, 4) is 0 Å². The third-order valence-electron chi connectivity index (χ3n) is 1.55. The van der Waals surface area contributed by atoms with E-state index in [1.807, 2.05) is 6.92 Å². The van der Waals surface area contributed by atoms with E-state index < -0.39 is 0 Å². The van der Waals surface area contributed by atoms with Gasteiger partial charge in [0.2, 0.25) is 10.7 Å². The van der Waals surface area contributed by atoms with Gasteiger partial charge in [-0.2, -0.15) is 4.98 Å². The highest BCUT2D eigenvalue weighted by molar-refractivity contribution is 7.71. The van der Waals surface area contributed by atoms with Crippen molar-refractivity contribution in [1.82, 2.24) is 24.6 Å². The Kier molecular flexibility index (Phi) is 1.93. The van der Waals surface area contributed by atoms with Crippen LogP contribution in [0.15, 0.2) is 6.33 Å². The molecule has 2 aromatic heterocycles. The van der Waals surface area contributed by atoms with Gasteiger partial charge in [0, 0.05) is 6.54 Å². The van der Waals surface area contributed by atoms with E-state index in [9.17, 15) is 0 Å². The van der Waals surface area contributed by atoms with Crippen LogP contribution in [0.2, 0.25) is 0 Å². The van der Waals surface area contributed by atoms with Crippen molar-refractivity contribution in [2.24, 2.45) is 0 Å². The van der Waals surface area contributed by atoms with Gasteiger partial charge in [0.1, 0.15) is 6.33 Å². The fourth-order valence-corrected chi connectivity index (χ4v) is 1.26. The summed E-state index contributed by atoms with van der Waals surface area (Å²) >= 11 is 5.01. The van der Waals surface area contributed by atoms with Gasteiger partial charge in [-0.1, -0.05) is 0 Å². The van der Waals surface area contributed by atoms with Crippen molar-refractivity contribution in [3.05, 3.63) is 11.1 Å². The van der Waals surface area contributed by atoms with Crippen LogP contribution in [0.25, 0.3) is 5.78 Å². The van der Waals surface area contributed by atoms with Gasteiger partial charge in [-0.15, -0.1) is 5.10 Å². The van der Waals surface area contributed by atoms with E-state index in [0.29, 0.717) is 16.5 Å². The summed E-state index contributed by atoms with van der Waals surface area (Å²) in [5.74, 6) is 1.18. The van der Waals surface area contributed by atoms with Gasteiger partial charge in [0.15, 0.2) is 0 Å². The Morgan fingerprint density at radius 3 is 3.23 bits per heavy atom. The minimum atomic E-state index is 0.492. The lowest BCUT2D eigenvalue weighted by molar-refractivity contribution is 0.978. The second-order valence-corrected chi connectivity index (χ2v) is 2.78. The van der Waals surface area contributed by atoms with Crippen molar-refractivity contribution >= 4 is 23.9 Å². The summed E-state index contributed by atoms with van der Waals surface area (Å²) in [7, 11) is 0. The highest BCUT2D eigenvalue weighted by Gasteiger charge is 2.03. The number of rotatable bonds is 2. The predicted molar refractivity (Wildman–Crippen MR) is 50.1 cm³/mol. The molecule has 0 saturated carbocycles. The number of hydrogen-bond acceptors (Lipinski definition) is 5. The second-order valence-electron chi connectivity index (χ2n) is 2.39. The normalized spacial score (nSPS) is 10.5. The molecule has 2 N–H and O–H groups in total. The highest BCUT2D eigenvalue weighted by atomic mass is 32.1. The Morgan fingerprint density at radius 2 is 2.46 bits per heavy atom. The molecule has 13 heavy (non-hydrogen) atoms. The van der Waals surface area contributed by atoms with Crippen LogP contribution in [-0.4, -0.2) is 31.1 Å². The predicted octanol–water partition coefficient (Wildman–Crippen LogP) is 0.614. The molecule has 0 bridgehead atoms. The Hall–Kier alpha value is -1.50. The van der Waals surface area contributed by atoms with Crippen molar-refractivity contribution in [1.29, 1.82) is 0 Å². The van der Waals surface area contributed by atoms with Crippen LogP contribution < -0.4 is 5.32 Å². The molecule has 2 rings (SSSR count). The first-order valence-corrected chi connectivity index (χ1v) is 4.25. The summed E-state index contributed by atoms with van der Waals surface area (Å²) < 4.78 is 2.14. The minimum Gasteiger partial charge on any atom is -0.355 e. The molecule has 2 aromatic rings. The van der Waals surface area contributed by atoms with Crippen molar-refractivity contribution in [2.75, 3.05) is 11.9 Å². The third-order valence-corrected chi connectivity index (χ3v) is 1.83. The summed E-state index contributed by atoms with van der Waals surface area (Å²) in [5, 5.41) is 9.63. The third kappa shape index (κ3) is 1.26. The molecule has 0 aliphatic rings. The molecular weight excluding hydrogens is 188 g/mol. The van der Waals surface area contributed by atoms with Gasteiger partial charge in [-0.3, -0.25) is 0 Å². The summed E-state index contributed by atoms with van der Waals surface area (Å²) in [5.41, 5.74) is 0. The maximum atomic E-state index is 5.01. The van der Waals surface area contributed by atoms with Crippen LogP contribution in [0.4, 0.5) is 5.95 Å². The van der Waals surface area contributed by atoms with Gasteiger partial charge >= 0.3 is 0 Å². The molecule has 0 atom stereocenters. The summed E-state index contributed by atoms with van der Waals surface area (Å²) in [6.45, 7) is 2.76. The monoisotopic (exact) mass is 196 g/mol. The highest BCUT2D eigenvalue weighted by Crippen LogP contribution is 2.03. The molecule has 0 radical (unpaired) electrons. The van der Waals surface area contributed by atoms with Crippen LogP contribution in [-0.2, 0) is 0 Å².